The summed E-state index contributed by atoms with van der Waals surface area (Å²) in [7, 11) is -3.97. The maximum Gasteiger partial charge on any atom is 0.393 e. The number of hydrogen-bond donors (Lipinski definition) is 1. The van der Waals surface area contributed by atoms with Crippen LogP contribution in [0.15, 0.2) is 24.3 Å². The SMILES string of the molecule is O=C(NS(=O)(=O)C1CCOC1)c1ccccc1CC(F)(F)F. The average molecular weight is 337 g/mol. The molecule has 1 aliphatic rings. The fourth-order valence-electron chi connectivity index (χ4n) is 2.14. The van der Waals surface area contributed by atoms with Crippen molar-refractivity contribution >= 4 is 15.9 Å². The molecule has 2 rings (SSSR count). The van der Waals surface area contributed by atoms with E-state index >= 15 is 0 Å². The number of nitrogens with one attached hydrogen (secondary N) is 1. The van der Waals surface area contributed by atoms with Gasteiger partial charge in [0.2, 0.25) is 10.0 Å². The van der Waals surface area contributed by atoms with E-state index in [4.69, 9.17) is 4.74 Å². The van der Waals surface area contributed by atoms with E-state index in [1.165, 1.54) is 12.1 Å². The van der Waals surface area contributed by atoms with Crippen molar-refractivity contribution < 1.29 is 31.1 Å². The van der Waals surface area contributed by atoms with Crippen molar-refractivity contribution in [2.75, 3.05) is 13.2 Å². The Morgan fingerprint density at radius 3 is 2.59 bits per heavy atom. The zero-order chi connectivity index (χ0) is 16.4. The molecule has 0 spiro atoms. The molecule has 0 saturated carbocycles. The third kappa shape index (κ3) is 4.20. The van der Waals surface area contributed by atoms with Crippen molar-refractivity contribution in [1.82, 2.24) is 4.72 Å². The van der Waals surface area contributed by atoms with Crippen molar-refractivity contribution in [1.29, 1.82) is 0 Å². The number of benzene rings is 1. The zero-order valence-electron chi connectivity index (χ0n) is 11.4. The Balaban J connectivity index is 2.19. The third-order valence-corrected chi connectivity index (χ3v) is 4.93. The number of alkyl halides is 3. The molecule has 1 atom stereocenters. The van der Waals surface area contributed by atoms with Gasteiger partial charge in [0.25, 0.3) is 5.91 Å². The quantitative estimate of drug-likeness (QED) is 0.907. The fraction of sp³-hybridized carbons (Fsp3) is 0.462. The number of amides is 1. The molecule has 1 aliphatic heterocycles. The van der Waals surface area contributed by atoms with E-state index in [1.54, 1.807) is 0 Å². The van der Waals surface area contributed by atoms with Gasteiger partial charge in [0.15, 0.2) is 0 Å². The molecule has 0 radical (unpaired) electrons. The number of carbonyl (C=O) groups is 1. The Morgan fingerprint density at radius 2 is 2.00 bits per heavy atom. The maximum atomic E-state index is 12.5. The first-order valence-electron chi connectivity index (χ1n) is 6.47. The molecule has 1 saturated heterocycles. The van der Waals surface area contributed by atoms with Crippen LogP contribution in [0.1, 0.15) is 22.3 Å². The summed E-state index contributed by atoms with van der Waals surface area (Å²) in [6.45, 7) is 0.233. The minimum Gasteiger partial charge on any atom is -0.380 e. The van der Waals surface area contributed by atoms with Gasteiger partial charge in [-0.25, -0.2) is 13.1 Å². The molecule has 22 heavy (non-hydrogen) atoms. The van der Waals surface area contributed by atoms with Gasteiger partial charge >= 0.3 is 6.18 Å². The monoisotopic (exact) mass is 337 g/mol. The fourth-order valence-corrected chi connectivity index (χ4v) is 3.35. The summed E-state index contributed by atoms with van der Waals surface area (Å²) in [5, 5.41) is -0.869. The molecule has 1 amide bonds. The van der Waals surface area contributed by atoms with E-state index in [0.29, 0.717) is 0 Å². The van der Waals surface area contributed by atoms with Crippen LogP contribution in [0.5, 0.6) is 0 Å². The van der Waals surface area contributed by atoms with Crippen LogP contribution in [0.25, 0.3) is 0 Å². The molecular formula is C13H14F3NO4S. The van der Waals surface area contributed by atoms with Gasteiger partial charge < -0.3 is 4.74 Å². The molecule has 0 aromatic heterocycles. The molecule has 122 valence electrons. The first kappa shape index (κ1) is 16.8. The molecule has 1 aromatic carbocycles. The Labute approximate surface area is 125 Å². The largest absolute Gasteiger partial charge is 0.393 e. The Morgan fingerprint density at radius 1 is 1.32 bits per heavy atom. The van der Waals surface area contributed by atoms with Crippen LogP contribution >= 0.6 is 0 Å². The van der Waals surface area contributed by atoms with Crippen LogP contribution in [0.2, 0.25) is 0 Å². The van der Waals surface area contributed by atoms with Crippen LogP contribution in [0, 0.1) is 0 Å². The molecule has 1 fully saturated rings. The second kappa shape index (κ2) is 6.25. The molecule has 0 aliphatic carbocycles. The van der Waals surface area contributed by atoms with Gasteiger partial charge in [0, 0.05) is 12.2 Å². The van der Waals surface area contributed by atoms with E-state index in [0.717, 1.165) is 12.1 Å². The number of hydrogen-bond acceptors (Lipinski definition) is 4. The van der Waals surface area contributed by atoms with Gasteiger partial charge in [0.05, 0.1) is 13.0 Å². The van der Waals surface area contributed by atoms with Gasteiger partial charge in [-0.3, -0.25) is 4.79 Å². The number of carbonyl (C=O) groups excluding carboxylic acids is 1. The van der Waals surface area contributed by atoms with Crippen molar-refractivity contribution in [3.8, 4) is 0 Å². The summed E-state index contributed by atoms with van der Waals surface area (Å²) in [6.07, 6.45) is -5.55. The lowest BCUT2D eigenvalue weighted by molar-refractivity contribution is -0.127. The van der Waals surface area contributed by atoms with E-state index in [1.807, 2.05) is 4.72 Å². The van der Waals surface area contributed by atoms with E-state index in [2.05, 4.69) is 0 Å². The number of ether oxygens (including phenoxy) is 1. The molecule has 5 nitrogen and oxygen atoms in total. The van der Waals surface area contributed by atoms with Gasteiger partial charge in [0.1, 0.15) is 5.25 Å². The summed E-state index contributed by atoms with van der Waals surface area (Å²) in [5.41, 5.74) is -0.576. The second-order valence-corrected chi connectivity index (χ2v) is 6.87. The van der Waals surface area contributed by atoms with Crippen molar-refractivity contribution in [3.05, 3.63) is 35.4 Å². The van der Waals surface area contributed by atoms with Crippen LogP contribution in [-0.2, 0) is 21.2 Å². The summed E-state index contributed by atoms with van der Waals surface area (Å²) in [4.78, 5) is 12.0. The van der Waals surface area contributed by atoms with Crippen molar-refractivity contribution in [3.63, 3.8) is 0 Å². The topological polar surface area (TPSA) is 72.5 Å². The van der Waals surface area contributed by atoms with Crippen molar-refractivity contribution in [2.24, 2.45) is 0 Å². The van der Waals surface area contributed by atoms with Crippen LogP contribution < -0.4 is 4.72 Å². The summed E-state index contributed by atoms with van der Waals surface area (Å²) < 4.78 is 68.2. The van der Waals surface area contributed by atoms with E-state index in [-0.39, 0.29) is 30.8 Å². The molecule has 1 N–H and O–H groups in total. The number of rotatable bonds is 4. The summed E-state index contributed by atoms with van der Waals surface area (Å²) in [6, 6.07) is 5.04. The van der Waals surface area contributed by atoms with E-state index in [9.17, 15) is 26.4 Å². The summed E-state index contributed by atoms with van der Waals surface area (Å²) >= 11 is 0. The normalized spacial score (nSPS) is 19.1. The predicted octanol–water partition coefficient (Wildman–Crippen LogP) is 1.64. The van der Waals surface area contributed by atoms with Gasteiger partial charge in [-0.2, -0.15) is 13.2 Å². The van der Waals surface area contributed by atoms with E-state index < -0.39 is 33.8 Å². The first-order valence-corrected chi connectivity index (χ1v) is 8.02. The number of halogens is 3. The average Bonchev–Trinajstić information content (AvgIpc) is 2.91. The van der Waals surface area contributed by atoms with Gasteiger partial charge in [-0.15, -0.1) is 0 Å². The minimum atomic E-state index is -4.49. The van der Waals surface area contributed by atoms with Gasteiger partial charge in [-0.1, -0.05) is 18.2 Å². The number of sulfonamides is 1. The zero-order valence-corrected chi connectivity index (χ0v) is 12.2. The molecule has 1 aromatic rings. The smallest absolute Gasteiger partial charge is 0.380 e. The van der Waals surface area contributed by atoms with Gasteiger partial charge in [-0.05, 0) is 18.1 Å². The molecule has 0 bridgehead atoms. The maximum absolute atomic E-state index is 12.5. The Hall–Kier alpha value is -1.61. The highest BCUT2D eigenvalue weighted by Gasteiger charge is 2.33. The minimum absolute atomic E-state index is 0.0349. The van der Waals surface area contributed by atoms with Crippen LogP contribution in [0.3, 0.4) is 0 Å². The third-order valence-electron chi connectivity index (χ3n) is 3.21. The van der Waals surface area contributed by atoms with Crippen molar-refractivity contribution in [2.45, 2.75) is 24.3 Å². The lowest BCUT2D eigenvalue weighted by Gasteiger charge is -2.14. The Kier molecular flexibility index (Phi) is 4.76. The lowest BCUT2D eigenvalue weighted by Crippen LogP contribution is -2.39. The first-order chi connectivity index (χ1) is 10.2. The highest BCUT2D eigenvalue weighted by Crippen LogP contribution is 2.23. The van der Waals surface area contributed by atoms with Crippen LogP contribution in [0.4, 0.5) is 13.2 Å². The standard InChI is InChI=1S/C13H14F3NO4S/c14-13(15,16)7-9-3-1-2-4-11(9)12(18)17-22(19,20)10-5-6-21-8-10/h1-4,10H,5-8H2,(H,17,18). The highest BCUT2D eigenvalue weighted by molar-refractivity contribution is 7.90. The molecule has 1 heterocycles. The van der Waals surface area contributed by atoms with Crippen LogP contribution in [-0.4, -0.2) is 39.0 Å². The second-order valence-electron chi connectivity index (χ2n) is 4.91. The summed E-state index contributed by atoms with van der Waals surface area (Å²) in [5.74, 6) is -1.06. The molecular weight excluding hydrogens is 323 g/mol. The highest BCUT2D eigenvalue weighted by atomic mass is 32.2. The molecule has 9 heteroatoms. The lowest BCUT2D eigenvalue weighted by atomic mass is 10.0. The molecule has 1 unspecified atom stereocenters. The Bertz CT molecular complexity index is 651. The predicted molar refractivity (Wildman–Crippen MR) is 71.8 cm³/mol.